The van der Waals surface area contributed by atoms with Gasteiger partial charge in [-0.3, -0.25) is 14.5 Å². The summed E-state index contributed by atoms with van der Waals surface area (Å²) in [6.07, 6.45) is 1.42. The smallest absolute Gasteiger partial charge is 0.233 e. The molecule has 0 saturated carbocycles. The number of nitrogen functional groups attached to an aromatic ring is 1. The summed E-state index contributed by atoms with van der Waals surface area (Å²) in [5, 5.41) is 0.417. The summed E-state index contributed by atoms with van der Waals surface area (Å²) in [6, 6.07) is 4.75. The Morgan fingerprint density at radius 2 is 1.81 bits per heavy atom. The largest absolute Gasteiger partial charge is 0.397 e. The molecule has 16 heavy (non-hydrogen) atoms. The van der Waals surface area contributed by atoms with E-state index in [1.807, 2.05) is 0 Å². The fourth-order valence-electron chi connectivity index (χ4n) is 1.71. The van der Waals surface area contributed by atoms with E-state index in [9.17, 15) is 9.59 Å². The Morgan fingerprint density at radius 3 is 2.38 bits per heavy atom. The second-order valence-corrected chi connectivity index (χ2v) is 4.09. The lowest BCUT2D eigenvalue weighted by Gasteiger charge is -2.25. The second-order valence-electron chi connectivity index (χ2n) is 3.68. The van der Waals surface area contributed by atoms with E-state index < -0.39 is 0 Å². The Labute approximate surface area is 98.0 Å². The Kier molecular flexibility index (Phi) is 2.83. The van der Waals surface area contributed by atoms with Gasteiger partial charge >= 0.3 is 0 Å². The van der Waals surface area contributed by atoms with Crippen molar-refractivity contribution in [2.75, 3.05) is 10.6 Å². The quantitative estimate of drug-likeness (QED) is 0.601. The number of benzene rings is 1. The standard InChI is InChI=1S/C11H11ClN2O2/c12-8-5-4-7(6-9(8)13)14-10(15)2-1-3-11(14)16/h4-6H,1-3,13H2. The Balaban J connectivity index is 2.38. The minimum absolute atomic E-state index is 0.182. The number of hydrogen-bond acceptors (Lipinski definition) is 3. The molecule has 0 atom stereocenters. The zero-order valence-corrected chi connectivity index (χ0v) is 9.33. The van der Waals surface area contributed by atoms with Gasteiger partial charge in [-0.2, -0.15) is 0 Å². The van der Waals surface area contributed by atoms with E-state index in [1.165, 1.54) is 4.90 Å². The van der Waals surface area contributed by atoms with Crippen LogP contribution in [0.25, 0.3) is 0 Å². The minimum atomic E-state index is -0.182. The molecule has 1 aliphatic heterocycles. The van der Waals surface area contributed by atoms with Gasteiger partial charge < -0.3 is 5.73 Å². The van der Waals surface area contributed by atoms with Gasteiger partial charge in [0.2, 0.25) is 11.8 Å². The van der Waals surface area contributed by atoms with Crippen molar-refractivity contribution in [2.45, 2.75) is 19.3 Å². The number of rotatable bonds is 1. The molecule has 2 N–H and O–H groups in total. The normalized spacial score (nSPS) is 16.7. The van der Waals surface area contributed by atoms with Crippen LogP contribution >= 0.6 is 11.6 Å². The van der Waals surface area contributed by atoms with Gasteiger partial charge in [-0.05, 0) is 24.6 Å². The predicted molar refractivity (Wildman–Crippen MR) is 62.2 cm³/mol. The summed E-state index contributed by atoms with van der Waals surface area (Å²) in [7, 11) is 0. The maximum atomic E-state index is 11.6. The van der Waals surface area contributed by atoms with Crippen LogP contribution in [0.2, 0.25) is 5.02 Å². The van der Waals surface area contributed by atoms with E-state index in [0.29, 0.717) is 35.7 Å². The first-order chi connectivity index (χ1) is 7.59. The number of imide groups is 1. The summed E-state index contributed by atoms with van der Waals surface area (Å²) < 4.78 is 0. The third-order valence-corrected chi connectivity index (χ3v) is 2.86. The van der Waals surface area contributed by atoms with Crippen LogP contribution < -0.4 is 10.6 Å². The Morgan fingerprint density at radius 1 is 1.19 bits per heavy atom. The number of nitrogens with zero attached hydrogens (tertiary/aromatic N) is 1. The summed E-state index contributed by atoms with van der Waals surface area (Å²) >= 11 is 5.78. The molecule has 1 fully saturated rings. The third kappa shape index (κ3) is 1.88. The lowest BCUT2D eigenvalue weighted by Crippen LogP contribution is -2.40. The van der Waals surface area contributed by atoms with Gasteiger partial charge in [0.25, 0.3) is 0 Å². The highest BCUT2D eigenvalue weighted by molar-refractivity contribution is 6.33. The van der Waals surface area contributed by atoms with E-state index in [0.717, 1.165) is 0 Å². The number of hydrogen-bond donors (Lipinski definition) is 1. The van der Waals surface area contributed by atoms with Crippen LogP contribution in [0.1, 0.15) is 19.3 Å². The van der Waals surface area contributed by atoms with Gasteiger partial charge in [0.05, 0.1) is 16.4 Å². The maximum Gasteiger partial charge on any atom is 0.233 e. The molecule has 0 spiro atoms. The summed E-state index contributed by atoms with van der Waals surface area (Å²) in [5.74, 6) is -0.365. The van der Waals surface area contributed by atoms with Crippen LogP contribution in [0.5, 0.6) is 0 Å². The molecule has 1 aliphatic rings. The molecule has 0 unspecified atom stereocenters. The van der Waals surface area contributed by atoms with Crippen molar-refractivity contribution >= 4 is 34.8 Å². The first-order valence-corrected chi connectivity index (χ1v) is 5.38. The molecule has 1 heterocycles. The van der Waals surface area contributed by atoms with Crippen molar-refractivity contribution in [1.82, 2.24) is 0 Å². The number of carbonyl (C=O) groups excluding carboxylic acids is 2. The molecule has 4 nitrogen and oxygen atoms in total. The summed E-state index contributed by atoms with van der Waals surface area (Å²) in [6.45, 7) is 0. The van der Waals surface area contributed by atoms with Crippen molar-refractivity contribution in [3.05, 3.63) is 23.2 Å². The van der Waals surface area contributed by atoms with Crippen LogP contribution in [0.15, 0.2) is 18.2 Å². The van der Waals surface area contributed by atoms with Crippen LogP contribution in [0.3, 0.4) is 0 Å². The fraction of sp³-hybridized carbons (Fsp3) is 0.273. The maximum absolute atomic E-state index is 11.6. The van der Waals surface area contributed by atoms with Crippen molar-refractivity contribution in [3.8, 4) is 0 Å². The first-order valence-electron chi connectivity index (χ1n) is 5.00. The van der Waals surface area contributed by atoms with E-state index in [1.54, 1.807) is 18.2 Å². The van der Waals surface area contributed by atoms with Crippen LogP contribution in [0, 0.1) is 0 Å². The van der Waals surface area contributed by atoms with Gasteiger partial charge in [-0.15, -0.1) is 0 Å². The Hall–Kier alpha value is -1.55. The molecule has 1 aromatic rings. The van der Waals surface area contributed by atoms with E-state index >= 15 is 0 Å². The van der Waals surface area contributed by atoms with Gasteiger partial charge in [0.1, 0.15) is 0 Å². The molecule has 2 amide bonds. The number of piperidine rings is 1. The highest BCUT2D eigenvalue weighted by atomic mass is 35.5. The highest BCUT2D eigenvalue weighted by Gasteiger charge is 2.27. The van der Waals surface area contributed by atoms with Gasteiger partial charge in [0.15, 0.2) is 0 Å². The van der Waals surface area contributed by atoms with Gasteiger partial charge in [-0.1, -0.05) is 11.6 Å². The minimum Gasteiger partial charge on any atom is -0.397 e. The molecule has 0 radical (unpaired) electrons. The predicted octanol–water partition coefficient (Wildman–Crippen LogP) is 1.97. The molecular weight excluding hydrogens is 228 g/mol. The van der Waals surface area contributed by atoms with Crippen LogP contribution in [-0.4, -0.2) is 11.8 Å². The van der Waals surface area contributed by atoms with Crippen molar-refractivity contribution < 1.29 is 9.59 Å². The molecule has 0 aliphatic carbocycles. The van der Waals surface area contributed by atoms with E-state index in [-0.39, 0.29) is 11.8 Å². The van der Waals surface area contributed by atoms with Crippen LogP contribution in [0.4, 0.5) is 11.4 Å². The molecule has 0 bridgehead atoms. The van der Waals surface area contributed by atoms with Crippen molar-refractivity contribution in [2.24, 2.45) is 0 Å². The number of nitrogens with two attached hydrogens (primary N) is 1. The number of anilines is 2. The monoisotopic (exact) mass is 238 g/mol. The summed E-state index contributed by atoms with van der Waals surface area (Å²) in [4.78, 5) is 24.4. The Bertz CT molecular complexity index is 443. The lowest BCUT2D eigenvalue weighted by atomic mass is 10.1. The zero-order chi connectivity index (χ0) is 11.7. The topological polar surface area (TPSA) is 63.4 Å². The lowest BCUT2D eigenvalue weighted by molar-refractivity contribution is -0.129. The number of carbonyl (C=O) groups is 2. The zero-order valence-electron chi connectivity index (χ0n) is 8.57. The molecule has 0 aromatic heterocycles. The molecular formula is C11H11ClN2O2. The van der Waals surface area contributed by atoms with Gasteiger partial charge in [0, 0.05) is 12.8 Å². The van der Waals surface area contributed by atoms with E-state index in [4.69, 9.17) is 17.3 Å². The second kappa shape index (κ2) is 4.14. The third-order valence-electron chi connectivity index (χ3n) is 2.52. The van der Waals surface area contributed by atoms with Crippen LogP contribution in [-0.2, 0) is 9.59 Å². The summed E-state index contributed by atoms with van der Waals surface area (Å²) in [5.41, 5.74) is 6.50. The molecule has 2 rings (SSSR count). The van der Waals surface area contributed by atoms with Crippen molar-refractivity contribution in [3.63, 3.8) is 0 Å². The molecule has 1 saturated heterocycles. The molecule has 1 aromatic carbocycles. The SMILES string of the molecule is Nc1cc(N2C(=O)CCCC2=O)ccc1Cl. The fourth-order valence-corrected chi connectivity index (χ4v) is 1.83. The molecule has 5 heteroatoms. The first kappa shape index (κ1) is 11.0. The van der Waals surface area contributed by atoms with E-state index in [2.05, 4.69) is 0 Å². The number of halogens is 1. The molecule has 84 valence electrons. The van der Waals surface area contributed by atoms with Crippen molar-refractivity contribution in [1.29, 1.82) is 0 Å². The average Bonchev–Trinajstić information content (AvgIpc) is 2.23. The number of amides is 2. The highest BCUT2D eigenvalue weighted by Crippen LogP contribution is 2.27. The average molecular weight is 239 g/mol. The van der Waals surface area contributed by atoms with Gasteiger partial charge in [-0.25, -0.2) is 0 Å².